The molecule has 29 heavy (non-hydrogen) atoms. The van der Waals surface area contributed by atoms with Gasteiger partial charge in [0, 0.05) is 50.7 Å². The summed E-state index contributed by atoms with van der Waals surface area (Å²) >= 11 is 0. The van der Waals surface area contributed by atoms with E-state index in [1.54, 1.807) is 0 Å². The normalized spacial score (nSPS) is 25.5. The number of nitrogens with one attached hydrogen (secondary N) is 1. The third-order valence-corrected chi connectivity index (χ3v) is 6.24. The van der Waals surface area contributed by atoms with Gasteiger partial charge in [-0.2, -0.15) is 0 Å². The summed E-state index contributed by atoms with van der Waals surface area (Å²) in [6, 6.07) is 8.77. The maximum Gasteiger partial charge on any atom is 0.226 e. The van der Waals surface area contributed by atoms with Gasteiger partial charge >= 0.3 is 0 Å². The number of carbonyl (C=O) groups is 1. The molecular formula is C22H29FN4O2. The van der Waals surface area contributed by atoms with E-state index in [9.17, 15) is 9.18 Å². The van der Waals surface area contributed by atoms with Crippen LogP contribution in [0.3, 0.4) is 0 Å². The van der Waals surface area contributed by atoms with Crippen LogP contribution in [0.2, 0.25) is 0 Å². The molecule has 1 aliphatic carbocycles. The van der Waals surface area contributed by atoms with E-state index in [1.807, 2.05) is 30.0 Å². The van der Waals surface area contributed by atoms with Crippen LogP contribution in [-0.4, -0.2) is 60.1 Å². The first kappa shape index (κ1) is 20.0. The molecule has 6 nitrogen and oxygen atoms in total. The SMILES string of the molecule is Cc1cc(CN[C@@H]2C[C@H](C(=O)N3CCN(C)CC3)[C@@H](c3ccc(F)cc3)C2)no1. The Hall–Kier alpha value is -2.25. The molecule has 4 rings (SSSR count). The molecule has 1 N–H and O–H groups in total. The Balaban J connectivity index is 1.48. The number of hydrogen-bond acceptors (Lipinski definition) is 5. The number of halogens is 1. The van der Waals surface area contributed by atoms with Gasteiger partial charge in [0.05, 0.1) is 5.69 Å². The minimum Gasteiger partial charge on any atom is -0.361 e. The van der Waals surface area contributed by atoms with Gasteiger partial charge < -0.3 is 19.6 Å². The molecule has 2 heterocycles. The third kappa shape index (κ3) is 4.67. The summed E-state index contributed by atoms with van der Waals surface area (Å²) < 4.78 is 18.6. The lowest BCUT2D eigenvalue weighted by molar-refractivity contribution is -0.137. The number of likely N-dealkylation sites (N-methyl/N-ethyl adjacent to an activating group) is 1. The zero-order chi connectivity index (χ0) is 20.4. The summed E-state index contributed by atoms with van der Waals surface area (Å²) in [6.45, 7) is 5.87. The number of piperazine rings is 1. The minimum absolute atomic E-state index is 0.0830. The fourth-order valence-corrected chi connectivity index (χ4v) is 4.57. The molecule has 1 saturated carbocycles. The molecule has 156 valence electrons. The topological polar surface area (TPSA) is 61.6 Å². The van der Waals surface area contributed by atoms with Crippen LogP contribution in [-0.2, 0) is 11.3 Å². The van der Waals surface area contributed by atoms with E-state index in [1.165, 1.54) is 12.1 Å². The fraction of sp³-hybridized carbons (Fsp3) is 0.545. The van der Waals surface area contributed by atoms with Gasteiger partial charge in [0.15, 0.2) is 0 Å². The first-order valence-electron chi connectivity index (χ1n) is 10.4. The zero-order valence-corrected chi connectivity index (χ0v) is 17.1. The predicted molar refractivity (Wildman–Crippen MR) is 108 cm³/mol. The van der Waals surface area contributed by atoms with Gasteiger partial charge in [-0.15, -0.1) is 0 Å². The molecule has 1 aromatic heterocycles. The van der Waals surface area contributed by atoms with Crippen LogP contribution in [0.5, 0.6) is 0 Å². The van der Waals surface area contributed by atoms with E-state index < -0.39 is 0 Å². The molecule has 7 heteroatoms. The van der Waals surface area contributed by atoms with Crippen molar-refractivity contribution in [2.24, 2.45) is 5.92 Å². The maximum absolute atomic E-state index is 13.4. The van der Waals surface area contributed by atoms with Crippen molar-refractivity contribution in [1.29, 1.82) is 0 Å². The number of amides is 1. The smallest absolute Gasteiger partial charge is 0.226 e. The first-order chi connectivity index (χ1) is 14.0. The van der Waals surface area contributed by atoms with Gasteiger partial charge in [0.1, 0.15) is 11.6 Å². The molecule has 2 fully saturated rings. The minimum atomic E-state index is -0.246. The van der Waals surface area contributed by atoms with Crippen molar-refractivity contribution in [3.8, 4) is 0 Å². The van der Waals surface area contributed by atoms with Gasteiger partial charge in [0.25, 0.3) is 0 Å². The highest BCUT2D eigenvalue weighted by Crippen LogP contribution is 2.41. The van der Waals surface area contributed by atoms with Crippen LogP contribution in [0.25, 0.3) is 0 Å². The van der Waals surface area contributed by atoms with Crippen molar-refractivity contribution in [2.75, 3.05) is 33.2 Å². The van der Waals surface area contributed by atoms with Crippen LogP contribution in [0, 0.1) is 18.7 Å². The molecular weight excluding hydrogens is 371 g/mol. The summed E-state index contributed by atoms with van der Waals surface area (Å²) in [4.78, 5) is 17.6. The molecule has 2 aromatic rings. The first-order valence-corrected chi connectivity index (χ1v) is 10.4. The Kier molecular flexibility index (Phi) is 5.96. The van der Waals surface area contributed by atoms with Crippen molar-refractivity contribution in [1.82, 2.24) is 20.3 Å². The molecule has 0 bridgehead atoms. The number of nitrogens with zero attached hydrogens (tertiary/aromatic N) is 3. The second-order valence-electron chi connectivity index (χ2n) is 8.37. The average Bonchev–Trinajstić information content (AvgIpc) is 3.33. The number of aryl methyl sites for hydroxylation is 1. The lowest BCUT2D eigenvalue weighted by atomic mass is 9.88. The van der Waals surface area contributed by atoms with Gasteiger partial charge in [-0.25, -0.2) is 4.39 Å². The summed E-state index contributed by atoms with van der Waals surface area (Å²) in [6.07, 6.45) is 1.64. The Morgan fingerprint density at radius 1 is 1.21 bits per heavy atom. The molecule has 3 atom stereocenters. The highest BCUT2D eigenvalue weighted by atomic mass is 19.1. The number of carbonyl (C=O) groups excluding carboxylic acids is 1. The van der Waals surface area contributed by atoms with E-state index in [0.717, 1.165) is 56.0 Å². The van der Waals surface area contributed by atoms with E-state index in [2.05, 4.69) is 22.4 Å². The standard InChI is InChI=1S/C22H29FN4O2/c1-15-11-19(25-29-15)14-24-18-12-20(16-3-5-17(23)6-4-16)21(13-18)22(28)27-9-7-26(2)8-10-27/h3-6,11,18,20-21,24H,7-10,12-14H2,1-2H3/t18-,20+,21-/m0/s1. The van der Waals surface area contributed by atoms with E-state index >= 15 is 0 Å². The molecule has 0 radical (unpaired) electrons. The molecule has 1 aromatic carbocycles. The molecule has 0 unspecified atom stereocenters. The van der Waals surface area contributed by atoms with Crippen LogP contribution >= 0.6 is 0 Å². The van der Waals surface area contributed by atoms with Crippen molar-refractivity contribution in [3.63, 3.8) is 0 Å². The van der Waals surface area contributed by atoms with Crippen LogP contribution in [0.4, 0.5) is 4.39 Å². The predicted octanol–water partition coefficient (Wildman–Crippen LogP) is 2.55. The van der Waals surface area contributed by atoms with Gasteiger partial charge in [-0.3, -0.25) is 4.79 Å². The van der Waals surface area contributed by atoms with Crippen molar-refractivity contribution in [3.05, 3.63) is 53.2 Å². The number of hydrogen-bond donors (Lipinski definition) is 1. The third-order valence-electron chi connectivity index (χ3n) is 6.24. The van der Waals surface area contributed by atoms with Crippen molar-refractivity contribution >= 4 is 5.91 Å². The Bertz CT molecular complexity index is 830. The molecule has 1 saturated heterocycles. The number of benzene rings is 1. The van der Waals surface area contributed by atoms with Gasteiger partial charge in [-0.05, 0) is 50.4 Å². The highest BCUT2D eigenvalue weighted by Gasteiger charge is 2.41. The lowest BCUT2D eigenvalue weighted by Crippen LogP contribution is -2.49. The van der Waals surface area contributed by atoms with Crippen LogP contribution in [0.1, 0.15) is 35.8 Å². The zero-order valence-electron chi connectivity index (χ0n) is 17.1. The molecule has 0 spiro atoms. The van der Waals surface area contributed by atoms with E-state index in [0.29, 0.717) is 6.54 Å². The molecule has 1 aliphatic heterocycles. The van der Waals surface area contributed by atoms with E-state index in [-0.39, 0.29) is 29.6 Å². The van der Waals surface area contributed by atoms with Gasteiger partial charge in [0.2, 0.25) is 5.91 Å². The Morgan fingerprint density at radius 2 is 1.93 bits per heavy atom. The Labute approximate surface area is 171 Å². The quantitative estimate of drug-likeness (QED) is 0.836. The summed E-state index contributed by atoms with van der Waals surface area (Å²) in [5.41, 5.74) is 1.91. The summed E-state index contributed by atoms with van der Waals surface area (Å²) in [5.74, 6) is 0.791. The lowest BCUT2D eigenvalue weighted by Gasteiger charge is -2.35. The molecule has 2 aliphatic rings. The monoisotopic (exact) mass is 400 g/mol. The maximum atomic E-state index is 13.4. The van der Waals surface area contributed by atoms with Gasteiger partial charge in [-0.1, -0.05) is 17.3 Å². The second kappa shape index (κ2) is 8.63. The fourth-order valence-electron chi connectivity index (χ4n) is 4.57. The van der Waals surface area contributed by atoms with E-state index in [4.69, 9.17) is 4.52 Å². The average molecular weight is 400 g/mol. The van der Waals surface area contributed by atoms with Crippen molar-refractivity contribution < 1.29 is 13.7 Å². The molecule has 1 amide bonds. The number of rotatable bonds is 5. The van der Waals surface area contributed by atoms with Crippen molar-refractivity contribution in [2.45, 2.75) is 38.3 Å². The largest absolute Gasteiger partial charge is 0.361 e. The summed E-state index contributed by atoms with van der Waals surface area (Å²) in [5, 5.41) is 7.58. The van der Waals surface area contributed by atoms with Crippen LogP contribution in [0.15, 0.2) is 34.9 Å². The second-order valence-corrected chi connectivity index (χ2v) is 8.37. The summed E-state index contributed by atoms with van der Waals surface area (Å²) in [7, 11) is 2.09. The Morgan fingerprint density at radius 3 is 2.59 bits per heavy atom. The van der Waals surface area contributed by atoms with Crippen LogP contribution < -0.4 is 5.32 Å². The highest BCUT2D eigenvalue weighted by molar-refractivity contribution is 5.80. The number of aromatic nitrogens is 1.